The molecule has 2 aliphatic carbocycles. The average Bonchev–Trinajstić information content (AvgIpc) is 3.54. The Morgan fingerprint density at radius 3 is 2.28 bits per heavy atom. The fourth-order valence-electron chi connectivity index (χ4n) is 5.74. The summed E-state index contributed by atoms with van der Waals surface area (Å²) in [5, 5.41) is 6.57. The molecule has 4 aliphatic rings. The van der Waals surface area contributed by atoms with Gasteiger partial charge in [-0.2, -0.15) is 13.2 Å². The van der Waals surface area contributed by atoms with Gasteiger partial charge in [0.1, 0.15) is 18.2 Å². The molecule has 39 heavy (non-hydrogen) atoms. The zero-order chi connectivity index (χ0) is 29.1. The van der Waals surface area contributed by atoms with Gasteiger partial charge in [0.05, 0.1) is 6.04 Å². The summed E-state index contributed by atoms with van der Waals surface area (Å²) in [5.74, 6) is -7.02. The molecule has 0 aromatic rings. The van der Waals surface area contributed by atoms with Gasteiger partial charge in [-0.15, -0.1) is 13.2 Å². The molecule has 4 amide bonds. The zero-order valence-corrected chi connectivity index (χ0v) is 21.0. The fraction of sp³-hybridized carbons (Fsp3) is 0.783. The van der Waals surface area contributed by atoms with Crippen LogP contribution in [-0.4, -0.2) is 84.2 Å². The molecule has 4 fully saturated rings. The summed E-state index contributed by atoms with van der Waals surface area (Å²) in [6.07, 6.45) is -10.7. The van der Waals surface area contributed by atoms with E-state index in [1.165, 1.54) is 0 Å². The van der Waals surface area contributed by atoms with Crippen molar-refractivity contribution in [2.75, 3.05) is 19.7 Å². The van der Waals surface area contributed by atoms with E-state index >= 15 is 0 Å². The van der Waals surface area contributed by atoms with Crippen LogP contribution in [0.15, 0.2) is 0 Å². The lowest BCUT2D eigenvalue weighted by Gasteiger charge is -2.31. The first kappa shape index (κ1) is 29.1. The normalized spacial score (nSPS) is 29.2. The molecule has 2 heterocycles. The lowest BCUT2D eigenvalue weighted by atomic mass is 9.94. The number of piperidine rings is 1. The molecule has 10 nitrogen and oxygen atoms in total. The zero-order valence-electron chi connectivity index (χ0n) is 21.0. The van der Waals surface area contributed by atoms with E-state index in [2.05, 4.69) is 15.4 Å². The van der Waals surface area contributed by atoms with Crippen LogP contribution in [0.4, 0.5) is 26.3 Å². The predicted octanol–water partition coefficient (Wildman–Crippen LogP) is 0.797. The Morgan fingerprint density at radius 2 is 1.77 bits per heavy atom. The fourth-order valence-corrected chi connectivity index (χ4v) is 5.74. The number of alkyl halides is 6. The summed E-state index contributed by atoms with van der Waals surface area (Å²) in [5.41, 5.74) is -2.99. The molecule has 218 valence electrons. The highest BCUT2D eigenvalue weighted by Gasteiger charge is 2.70. The first-order chi connectivity index (χ1) is 17.9. The van der Waals surface area contributed by atoms with Gasteiger partial charge < -0.3 is 20.9 Å². The van der Waals surface area contributed by atoms with Gasteiger partial charge in [-0.05, 0) is 42.9 Å². The highest BCUT2D eigenvalue weighted by molar-refractivity contribution is 6.35. The number of ether oxygens (including phenoxy) is 1. The molecule has 2 saturated heterocycles. The van der Waals surface area contributed by atoms with Crippen LogP contribution < -0.4 is 16.0 Å². The minimum absolute atomic E-state index is 0.109. The van der Waals surface area contributed by atoms with Crippen LogP contribution in [0.5, 0.6) is 0 Å². The van der Waals surface area contributed by atoms with Crippen LogP contribution in [0.3, 0.4) is 0 Å². The summed E-state index contributed by atoms with van der Waals surface area (Å²) >= 11 is 0. The highest BCUT2D eigenvalue weighted by Crippen LogP contribution is 2.65. The Balaban J connectivity index is 1.50. The maximum absolute atomic E-state index is 13.4. The summed E-state index contributed by atoms with van der Waals surface area (Å²) in [6.45, 7) is 2.30. The molecule has 2 unspecified atom stereocenters. The van der Waals surface area contributed by atoms with Crippen molar-refractivity contribution in [2.24, 2.45) is 23.2 Å². The van der Waals surface area contributed by atoms with E-state index in [0.717, 1.165) is 4.90 Å². The summed E-state index contributed by atoms with van der Waals surface area (Å²) in [4.78, 5) is 64.3. The van der Waals surface area contributed by atoms with E-state index < -0.39 is 96.3 Å². The van der Waals surface area contributed by atoms with Crippen LogP contribution in [0, 0.1) is 23.2 Å². The monoisotopic (exact) mass is 570 g/mol. The second-order valence-corrected chi connectivity index (χ2v) is 11.2. The van der Waals surface area contributed by atoms with Gasteiger partial charge in [-0.1, -0.05) is 13.8 Å². The van der Waals surface area contributed by atoms with E-state index in [1.54, 1.807) is 19.2 Å². The molecule has 3 N–H and O–H groups in total. The van der Waals surface area contributed by atoms with E-state index in [9.17, 15) is 50.3 Å². The standard InChI is InChI=1S/C23H28F6N4O6/c1-20(2)11-8-33(19(38)18(37)32-21(4-5-21)22(24,25)26)15(14(11)20)17(36)31-12(7-10-3-6-30-16(10)35)13(34)9-39-23(27,28)29/h10-12,14-15H,3-9H2,1-2H3,(H,30,35)(H,31,36)(H,32,37)/t10?,11-,12?,14-,15-/m0/s1. The molecule has 2 saturated carbocycles. The minimum Gasteiger partial charge on any atom is -0.356 e. The number of Topliss-reactive ketones (excluding diaryl/α,β-unsaturated/α-hetero) is 1. The van der Waals surface area contributed by atoms with Crippen LogP contribution in [-0.2, 0) is 28.7 Å². The maximum Gasteiger partial charge on any atom is 0.522 e. The van der Waals surface area contributed by atoms with Crippen molar-refractivity contribution in [3.63, 3.8) is 0 Å². The number of rotatable bonds is 8. The third-order valence-electron chi connectivity index (χ3n) is 8.34. The van der Waals surface area contributed by atoms with E-state index in [0.29, 0.717) is 0 Å². The molecule has 0 aromatic heterocycles. The number of nitrogens with zero attached hydrogens (tertiary/aromatic N) is 1. The number of hydrogen-bond donors (Lipinski definition) is 3. The first-order valence-electron chi connectivity index (χ1n) is 12.4. The Hall–Kier alpha value is -2.91. The van der Waals surface area contributed by atoms with Gasteiger partial charge in [0.2, 0.25) is 11.8 Å². The van der Waals surface area contributed by atoms with Gasteiger partial charge in [-0.25, -0.2) is 0 Å². The largest absolute Gasteiger partial charge is 0.522 e. The van der Waals surface area contributed by atoms with Gasteiger partial charge in [0, 0.05) is 19.0 Å². The molecule has 16 heteroatoms. The predicted molar refractivity (Wildman–Crippen MR) is 117 cm³/mol. The third-order valence-corrected chi connectivity index (χ3v) is 8.34. The highest BCUT2D eigenvalue weighted by atomic mass is 19.4. The van der Waals surface area contributed by atoms with Crippen molar-refractivity contribution in [1.29, 1.82) is 0 Å². The molecule has 2 aliphatic heterocycles. The molecule has 0 bridgehead atoms. The third kappa shape index (κ3) is 5.70. The molecular weight excluding hydrogens is 542 g/mol. The molecule has 4 rings (SSSR count). The van der Waals surface area contributed by atoms with Crippen molar-refractivity contribution in [2.45, 2.75) is 69.7 Å². The van der Waals surface area contributed by atoms with E-state index in [1.807, 2.05) is 0 Å². The number of nitrogens with one attached hydrogen (secondary N) is 3. The van der Waals surface area contributed by atoms with Crippen LogP contribution >= 0.6 is 0 Å². The summed E-state index contributed by atoms with van der Waals surface area (Å²) in [6, 6.07) is -2.94. The number of carbonyl (C=O) groups is 5. The van der Waals surface area contributed by atoms with Crippen LogP contribution in [0.25, 0.3) is 0 Å². The maximum atomic E-state index is 13.4. The van der Waals surface area contributed by atoms with Crippen molar-refractivity contribution in [3.8, 4) is 0 Å². The molecule has 0 radical (unpaired) electrons. The number of hydrogen-bond acceptors (Lipinski definition) is 6. The van der Waals surface area contributed by atoms with Crippen molar-refractivity contribution in [1.82, 2.24) is 20.9 Å². The number of ketones is 1. The van der Waals surface area contributed by atoms with Crippen LogP contribution in [0.2, 0.25) is 0 Å². The Bertz CT molecular complexity index is 1070. The first-order valence-corrected chi connectivity index (χ1v) is 12.4. The van der Waals surface area contributed by atoms with Crippen molar-refractivity contribution >= 4 is 29.4 Å². The van der Waals surface area contributed by atoms with Crippen LogP contribution in [0.1, 0.15) is 39.5 Å². The topological polar surface area (TPSA) is 134 Å². The van der Waals surface area contributed by atoms with Gasteiger partial charge in [-0.3, -0.25) is 28.7 Å². The molecular formula is C23H28F6N4O6. The average molecular weight is 570 g/mol. The minimum atomic E-state index is -5.13. The smallest absolute Gasteiger partial charge is 0.356 e. The lowest BCUT2D eigenvalue weighted by Crippen LogP contribution is -2.58. The quantitative estimate of drug-likeness (QED) is 0.292. The Morgan fingerprint density at radius 1 is 1.13 bits per heavy atom. The second-order valence-electron chi connectivity index (χ2n) is 11.2. The Kier molecular flexibility index (Phi) is 7.18. The number of fused-ring (bicyclic) bond motifs is 1. The van der Waals surface area contributed by atoms with Gasteiger partial charge in [0.15, 0.2) is 5.78 Å². The second kappa shape index (κ2) is 9.63. The van der Waals surface area contributed by atoms with Gasteiger partial charge in [0.25, 0.3) is 0 Å². The number of amides is 4. The van der Waals surface area contributed by atoms with E-state index in [4.69, 9.17) is 0 Å². The molecule has 0 aromatic carbocycles. The SMILES string of the molecule is CC1(C)[C@@H]2[C@@H](C(=O)NC(CC3CCNC3=O)C(=O)COC(F)(F)F)N(C(=O)C(=O)NC3(C(F)(F)F)CC3)C[C@@H]21. The number of carbonyl (C=O) groups excluding carboxylic acids is 5. The molecule has 0 spiro atoms. The summed E-state index contributed by atoms with van der Waals surface area (Å²) < 4.78 is 81.0. The van der Waals surface area contributed by atoms with Gasteiger partial charge >= 0.3 is 24.4 Å². The van der Waals surface area contributed by atoms with E-state index in [-0.39, 0.29) is 31.8 Å². The molecule has 5 atom stereocenters. The van der Waals surface area contributed by atoms with Crippen molar-refractivity contribution in [3.05, 3.63) is 0 Å². The Labute approximate surface area is 218 Å². The summed E-state index contributed by atoms with van der Waals surface area (Å²) in [7, 11) is 0. The lowest BCUT2D eigenvalue weighted by molar-refractivity contribution is -0.321. The van der Waals surface area contributed by atoms with Crippen molar-refractivity contribution < 1.29 is 55.1 Å². The number of halogens is 6. The number of likely N-dealkylation sites (tertiary alicyclic amines) is 1.